The maximum absolute atomic E-state index is 5.97. The number of benzene rings is 2. The molecule has 3 heteroatoms. The van der Waals surface area contributed by atoms with Gasteiger partial charge in [-0.15, -0.1) is 0 Å². The van der Waals surface area contributed by atoms with Gasteiger partial charge in [0.2, 0.25) is 0 Å². The third kappa shape index (κ3) is 4.45. The molecular weight excluding hydrogens is 252 g/mol. The van der Waals surface area contributed by atoms with Crippen LogP contribution in [-0.2, 0) is 5.75 Å². The number of rotatable bonds is 3. The Morgan fingerprint density at radius 3 is 2.32 bits per heavy atom. The van der Waals surface area contributed by atoms with Crippen molar-refractivity contribution >= 4 is 22.6 Å². The van der Waals surface area contributed by atoms with Crippen LogP contribution in [0.25, 0.3) is 0 Å². The van der Waals surface area contributed by atoms with Crippen LogP contribution in [0.5, 0.6) is 0 Å². The summed E-state index contributed by atoms with van der Waals surface area (Å²) in [5.41, 5.74) is 10.6. The van der Waals surface area contributed by atoms with Gasteiger partial charge < -0.3 is 5.73 Å². The first kappa shape index (κ1) is 13.7. The molecule has 0 spiro atoms. The molecular formula is C16H18N2S. The van der Waals surface area contributed by atoms with Gasteiger partial charge in [-0.05, 0) is 42.7 Å². The first-order valence-electron chi connectivity index (χ1n) is 6.22. The minimum Gasteiger partial charge on any atom is -0.378 e. The van der Waals surface area contributed by atoms with E-state index in [2.05, 4.69) is 37.0 Å². The van der Waals surface area contributed by atoms with Crippen LogP contribution in [0.2, 0.25) is 0 Å². The molecule has 0 aliphatic heterocycles. The largest absolute Gasteiger partial charge is 0.378 e. The predicted molar refractivity (Wildman–Crippen MR) is 84.9 cm³/mol. The average molecular weight is 270 g/mol. The minimum atomic E-state index is 0.605. The molecule has 2 aromatic rings. The lowest BCUT2D eigenvalue weighted by atomic mass is 10.1. The lowest BCUT2D eigenvalue weighted by molar-refractivity contribution is 1.35. The molecule has 0 atom stereocenters. The van der Waals surface area contributed by atoms with E-state index in [1.165, 1.54) is 16.7 Å². The van der Waals surface area contributed by atoms with Crippen molar-refractivity contribution in [2.75, 3.05) is 0 Å². The van der Waals surface area contributed by atoms with Gasteiger partial charge in [0.05, 0.1) is 5.69 Å². The van der Waals surface area contributed by atoms with Crippen LogP contribution in [0.3, 0.4) is 0 Å². The summed E-state index contributed by atoms with van der Waals surface area (Å²) >= 11 is 1.56. The molecule has 0 amide bonds. The second-order valence-electron chi connectivity index (χ2n) is 4.57. The van der Waals surface area contributed by atoms with Crippen molar-refractivity contribution in [1.29, 1.82) is 0 Å². The van der Waals surface area contributed by atoms with E-state index in [1.807, 2.05) is 30.3 Å². The number of nitrogens with two attached hydrogens (primary N) is 1. The first-order chi connectivity index (χ1) is 9.13. The second kappa shape index (κ2) is 6.43. The van der Waals surface area contributed by atoms with Gasteiger partial charge in [-0.25, -0.2) is 4.99 Å². The molecule has 2 nitrogen and oxygen atoms in total. The lowest BCUT2D eigenvalue weighted by Crippen LogP contribution is -2.06. The number of aliphatic imine (C=N–C) groups is 1. The Labute approximate surface area is 118 Å². The molecule has 0 bridgehead atoms. The van der Waals surface area contributed by atoms with Gasteiger partial charge >= 0.3 is 0 Å². The lowest BCUT2D eigenvalue weighted by Gasteiger charge is -2.03. The van der Waals surface area contributed by atoms with Crippen LogP contribution in [0.4, 0.5) is 5.69 Å². The maximum Gasteiger partial charge on any atom is 0.159 e. The molecule has 0 fully saturated rings. The summed E-state index contributed by atoms with van der Waals surface area (Å²) in [5, 5.41) is 0.605. The molecule has 0 saturated carbocycles. The highest BCUT2D eigenvalue weighted by Gasteiger charge is 1.99. The van der Waals surface area contributed by atoms with Crippen molar-refractivity contribution in [2.45, 2.75) is 19.6 Å². The van der Waals surface area contributed by atoms with E-state index >= 15 is 0 Å². The van der Waals surface area contributed by atoms with E-state index in [4.69, 9.17) is 5.73 Å². The van der Waals surface area contributed by atoms with Crippen LogP contribution in [0, 0.1) is 13.8 Å². The fourth-order valence-corrected chi connectivity index (χ4v) is 2.58. The molecule has 2 aromatic carbocycles. The molecule has 2 rings (SSSR count). The van der Waals surface area contributed by atoms with E-state index in [9.17, 15) is 0 Å². The van der Waals surface area contributed by atoms with Crippen molar-refractivity contribution < 1.29 is 0 Å². The highest BCUT2D eigenvalue weighted by Crippen LogP contribution is 2.19. The Morgan fingerprint density at radius 2 is 1.68 bits per heavy atom. The molecule has 0 unspecified atom stereocenters. The normalized spacial score (nSPS) is 11.6. The molecule has 0 aliphatic carbocycles. The van der Waals surface area contributed by atoms with Crippen LogP contribution in [0.1, 0.15) is 16.7 Å². The number of nitrogens with zero attached hydrogens (tertiary/aromatic N) is 1. The molecule has 0 aliphatic rings. The molecule has 0 radical (unpaired) electrons. The molecule has 0 saturated heterocycles. The summed E-state index contributed by atoms with van der Waals surface area (Å²) in [7, 11) is 0. The standard InChI is InChI=1S/C16H18N2S/c1-12-8-13(2)10-15(9-12)18-16(17)19-11-14-6-4-3-5-7-14/h3-10H,11H2,1-2H3,(H2,17,18). The average Bonchev–Trinajstić information content (AvgIpc) is 2.36. The second-order valence-corrected chi connectivity index (χ2v) is 5.57. The first-order valence-corrected chi connectivity index (χ1v) is 7.21. The van der Waals surface area contributed by atoms with Crippen LogP contribution >= 0.6 is 11.8 Å². The molecule has 0 aromatic heterocycles. The monoisotopic (exact) mass is 270 g/mol. The predicted octanol–water partition coefficient (Wildman–Crippen LogP) is 4.18. The fourth-order valence-electron chi connectivity index (χ4n) is 1.91. The third-order valence-electron chi connectivity index (χ3n) is 2.68. The van der Waals surface area contributed by atoms with E-state index in [-0.39, 0.29) is 0 Å². The molecule has 19 heavy (non-hydrogen) atoms. The van der Waals surface area contributed by atoms with Gasteiger partial charge in [0.25, 0.3) is 0 Å². The minimum absolute atomic E-state index is 0.605. The zero-order valence-electron chi connectivity index (χ0n) is 11.3. The van der Waals surface area contributed by atoms with Crippen molar-refractivity contribution in [3.8, 4) is 0 Å². The number of hydrogen-bond donors (Lipinski definition) is 1. The number of hydrogen-bond acceptors (Lipinski definition) is 2. The zero-order valence-corrected chi connectivity index (χ0v) is 12.1. The third-order valence-corrected chi connectivity index (χ3v) is 3.54. The maximum atomic E-state index is 5.97. The smallest absolute Gasteiger partial charge is 0.159 e. The van der Waals surface area contributed by atoms with Crippen molar-refractivity contribution in [3.05, 3.63) is 65.2 Å². The molecule has 2 N–H and O–H groups in total. The van der Waals surface area contributed by atoms with E-state index in [0.29, 0.717) is 5.17 Å². The highest BCUT2D eigenvalue weighted by molar-refractivity contribution is 8.13. The van der Waals surface area contributed by atoms with Gasteiger partial charge in [-0.2, -0.15) is 0 Å². The van der Waals surface area contributed by atoms with Crippen LogP contribution in [-0.4, -0.2) is 5.17 Å². The number of thioether (sulfide) groups is 1. The SMILES string of the molecule is Cc1cc(C)cc(N=C(N)SCc2ccccc2)c1. The summed E-state index contributed by atoms with van der Waals surface area (Å²) in [5.74, 6) is 0.848. The van der Waals surface area contributed by atoms with Crippen molar-refractivity contribution in [3.63, 3.8) is 0 Å². The Kier molecular flexibility index (Phi) is 4.63. The Bertz CT molecular complexity index is 556. The van der Waals surface area contributed by atoms with Crippen molar-refractivity contribution in [2.24, 2.45) is 10.7 Å². The topological polar surface area (TPSA) is 38.4 Å². The summed E-state index contributed by atoms with van der Waals surface area (Å²) in [6.07, 6.45) is 0. The summed E-state index contributed by atoms with van der Waals surface area (Å²) in [6.45, 7) is 4.14. The quantitative estimate of drug-likeness (QED) is 0.671. The van der Waals surface area contributed by atoms with Gasteiger partial charge in [0, 0.05) is 5.75 Å². The van der Waals surface area contributed by atoms with Crippen LogP contribution in [0.15, 0.2) is 53.5 Å². The van der Waals surface area contributed by atoms with Gasteiger partial charge in [0.15, 0.2) is 5.17 Å². The number of aryl methyl sites for hydroxylation is 2. The number of amidine groups is 1. The summed E-state index contributed by atoms with van der Waals surface area (Å²) < 4.78 is 0. The van der Waals surface area contributed by atoms with Gasteiger partial charge in [-0.3, -0.25) is 0 Å². The van der Waals surface area contributed by atoms with Crippen LogP contribution < -0.4 is 5.73 Å². The van der Waals surface area contributed by atoms with E-state index in [0.717, 1.165) is 11.4 Å². The summed E-state index contributed by atoms with van der Waals surface area (Å²) in [4.78, 5) is 4.45. The van der Waals surface area contributed by atoms with Gasteiger partial charge in [-0.1, -0.05) is 48.2 Å². The van der Waals surface area contributed by atoms with Crippen molar-refractivity contribution in [1.82, 2.24) is 0 Å². The Morgan fingerprint density at radius 1 is 1.05 bits per heavy atom. The fraction of sp³-hybridized carbons (Fsp3) is 0.188. The van der Waals surface area contributed by atoms with E-state index in [1.54, 1.807) is 11.8 Å². The van der Waals surface area contributed by atoms with E-state index < -0.39 is 0 Å². The van der Waals surface area contributed by atoms with Gasteiger partial charge in [0.1, 0.15) is 0 Å². The highest BCUT2D eigenvalue weighted by atomic mass is 32.2. The Hall–Kier alpha value is -1.74. The molecule has 0 heterocycles. The Balaban J connectivity index is 2.03. The molecule has 98 valence electrons. The zero-order chi connectivity index (χ0) is 13.7. The summed E-state index contributed by atoms with van der Waals surface area (Å²) in [6, 6.07) is 16.5.